The van der Waals surface area contributed by atoms with Gasteiger partial charge in [0.15, 0.2) is 0 Å². The van der Waals surface area contributed by atoms with Crippen molar-refractivity contribution in [3.05, 3.63) is 11.9 Å². The molecule has 0 aliphatic rings. The Morgan fingerprint density at radius 1 is 1.42 bits per heavy atom. The Balaban J connectivity index is 3.68. The molecule has 0 saturated carbocycles. The normalized spacial score (nSPS) is 12.3. The molecule has 0 saturated heterocycles. The third-order valence-electron chi connectivity index (χ3n) is 1.58. The number of nitrogens with zero attached hydrogens (tertiary/aromatic N) is 2. The predicted molar refractivity (Wildman–Crippen MR) is 55.9 cm³/mol. The summed E-state index contributed by atoms with van der Waals surface area (Å²) in [6.07, 6.45) is 8.10. The average molecular weight is 166 g/mol. The topological polar surface area (TPSA) is 24.7 Å². The molecule has 2 heteroatoms. The Kier molecular flexibility index (Phi) is 7.55. The SMILES string of the molecule is C=N/C(=C\N=C/CCCC)CC. The molecule has 68 valence electrons. The van der Waals surface area contributed by atoms with Gasteiger partial charge in [-0.15, -0.1) is 0 Å². The van der Waals surface area contributed by atoms with E-state index in [0.29, 0.717) is 0 Å². The summed E-state index contributed by atoms with van der Waals surface area (Å²) in [6.45, 7) is 7.67. The van der Waals surface area contributed by atoms with Crippen molar-refractivity contribution in [3.8, 4) is 0 Å². The van der Waals surface area contributed by atoms with E-state index in [2.05, 4.69) is 23.6 Å². The van der Waals surface area contributed by atoms with Gasteiger partial charge >= 0.3 is 0 Å². The van der Waals surface area contributed by atoms with Crippen molar-refractivity contribution in [3.63, 3.8) is 0 Å². The molecule has 0 amide bonds. The lowest BCUT2D eigenvalue weighted by Gasteiger charge is -1.90. The first-order chi connectivity index (χ1) is 5.85. The van der Waals surface area contributed by atoms with Gasteiger partial charge in [-0.1, -0.05) is 20.3 Å². The van der Waals surface area contributed by atoms with Crippen molar-refractivity contribution >= 4 is 12.9 Å². The summed E-state index contributed by atoms with van der Waals surface area (Å²) in [5, 5.41) is 0. The summed E-state index contributed by atoms with van der Waals surface area (Å²) in [4.78, 5) is 7.95. The second-order valence-corrected chi connectivity index (χ2v) is 2.61. The standard InChI is InChI=1S/C10H18N2/c1-4-6-7-8-12-9-10(5-2)11-3/h8-9H,3-7H2,1-2H3/b10-9-,12-8-. The van der Waals surface area contributed by atoms with Crippen molar-refractivity contribution in [2.45, 2.75) is 39.5 Å². The van der Waals surface area contributed by atoms with Gasteiger partial charge in [-0.25, -0.2) is 0 Å². The second kappa shape index (κ2) is 8.18. The van der Waals surface area contributed by atoms with Gasteiger partial charge in [0.25, 0.3) is 0 Å². The van der Waals surface area contributed by atoms with Gasteiger partial charge in [0.05, 0.1) is 5.70 Å². The van der Waals surface area contributed by atoms with Gasteiger partial charge in [-0.2, -0.15) is 0 Å². The molecule has 0 atom stereocenters. The summed E-state index contributed by atoms with van der Waals surface area (Å²) < 4.78 is 0. The van der Waals surface area contributed by atoms with Crippen LogP contribution in [0.5, 0.6) is 0 Å². The van der Waals surface area contributed by atoms with Crippen molar-refractivity contribution in [1.82, 2.24) is 0 Å². The van der Waals surface area contributed by atoms with Gasteiger partial charge in [0.1, 0.15) is 0 Å². The molecule has 0 fully saturated rings. The van der Waals surface area contributed by atoms with Crippen LogP contribution in [-0.4, -0.2) is 12.9 Å². The molecule has 0 aromatic carbocycles. The molecular weight excluding hydrogens is 148 g/mol. The minimum absolute atomic E-state index is 0.897. The van der Waals surface area contributed by atoms with Crippen LogP contribution in [0, 0.1) is 0 Å². The Hall–Kier alpha value is -0.920. The van der Waals surface area contributed by atoms with E-state index in [-0.39, 0.29) is 0 Å². The molecule has 0 radical (unpaired) electrons. The fourth-order valence-corrected chi connectivity index (χ4v) is 0.753. The van der Waals surface area contributed by atoms with Crippen LogP contribution in [0.1, 0.15) is 39.5 Å². The molecular formula is C10H18N2. The van der Waals surface area contributed by atoms with E-state index in [4.69, 9.17) is 0 Å². The molecule has 0 aliphatic heterocycles. The smallest absolute Gasteiger partial charge is 0.0575 e. The zero-order chi connectivity index (χ0) is 9.23. The first-order valence-corrected chi connectivity index (χ1v) is 4.52. The predicted octanol–water partition coefficient (Wildman–Crippen LogP) is 3.20. The maximum atomic E-state index is 4.13. The van der Waals surface area contributed by atoms with Crippen molar-refractivity contribution in [2.75, 3.05) is 0 Å². The van der Waals surface area contributed by atoms with Crippen molar-refractivity contribution in [2.24, 2.45) is 9.98 Å². The highest BCUT2D eigenvalue weighted by Gasteiger charge is 1.83. The first-order valence-electron chi connectivity index (χ1n) is 4.52. The van der Waals surface area contributed by atoms with E-state index in [1.165, 1.54) is 12.8 Å². The van der Waals surface area contributed by atoms with E-state index in [1.807, 2.05) is 13.1 Å². The highest BCUT2D eigenvalue weighted by molar-refractivity contribution is 5.58. The highest BCUT2D eigenvalue weighted by atomic mass is 14.8. The van der Waals surface area contributed by atoms with Crippen LogP contribution in [0.2, 0.25) is 0 Å². The summed E-state index contributed by atoms with van der Waals surface area (Å²) >= 11 is 0. The Morgan fingerprint density at radius 2 is 2.17 bits per heavy atom. The van der Waals surface area contributed by atoms with Crippen LogP contribution in [0.4, 0.5) is 0 Å². The lowest BCUT2D eigenvalue weighted by atomic mass is 10.3. The Morgan fingerprint density at radius 3 is 2.67 bits per heavy atom. The number of rotatable bonds is 6. The van der Waals surface area contributed by atoms with Crippen molar-refractivity contribution < 1.29 is 0 Å². The molecule has 0 spiro atoms. The monoisotopic (exact) mass is 166 g/mol. The summed E-state index contributed by atoms with van der Waals surface area (Å²) in [7, 11) is 0. The quantitative estimate of drug-likeness (QED) is 0.427. The minimum atomic E-state index is 0.897. The minimum Gasteiger partial charge on any atom is -0.267 e. The Labute approximate surface area is 75.1 Å². The number of unbranched alkanes of at least 4 members (excludes halogenated alkanes) is 2. The zero-order valence-electron chi connectivity index (χ0n) is 8.08. The van der Waals surface area contributed by atoms with Gasteiger partial charge < -0.3 is 0 Å². The van der Waals surface area contributed by atoms with Crippen molar-refractivity contribution in [1.29, 1.82) is 0 Å². The summed E-state index contributed by atoms with van der Waals surface area (Å²) in [5.74, 6) is 0. The van der Waals surface area contributed by atoms with E-state index in [9.17, 15) is 0 Å². The van der Waals surface area contributed by atoms with Crippen LogP contribution in [-0.2, 0) is 0 Å². The fraction of sp³-hybridized carbons (Fsp3) is 0.600. The third kappa shape index (κ3) is 5.83. The van der Waals surface area contributed by atoms with Gasteiger partial charge in [-0.3, -0.25) is 9.98 Å². The number of aliphatic imine (C=N–C) groups is 2. The summed E-state index contributed by atoms with van der Waals surface area (Å²) in [5.41, 5.74) is 0.947. The molecule has 0 aromatic heterocycles. The molecule has 0 heterocycles. The van der Waals surface area contributed by atoms with Gasteiger partial charge in [0, 0.05) is 12.4 Å². The van der Waals surface area contributed by atoms with Crippen LogP contribution < -0.4 is 0 Å². The largest absolute Gasteiger partial charge is 0.267 e. The molecule has 0 aliphatic carbocycles. The maximum absolute atomic E-state index is 4.13. The molecule has 0 N–H and O–H groups in total. The lowest BCUT2D eigenvalue weighted by molar-refractivity contribution is 0.842. The summed E-state index contributed by atoms with van der Waals surface area (Å²) in [6, 6.07) is 0. The number of allylic oxidation sites excluding steroid dienone is 1. The van der Waals surface area contributed by atoms with Crippen LogP contribution >= 0.6 is 0 Å². The highest BCUT2D eigenvalue weighted by Crippen LogP contribution is 2.00. The molecule has 12 heavy (non-hydrogen) atoms. The van der Waals surface area contributed by atoms with Gasteiger partial charge in [0.2, 0.25) is 0 Å². The van der Waals surface area contributed by atoms with Crippen LogP contribution in [0.3, 0.4) is 0 Å². The van der Waals surface area contributed by atoms with Crippen LogP contribution in [0.15, 0.2) is 21.9 Å². The second-order valence-electron chi connectivity index (χ2n) is 2.61. The first kappa shape index (κ1) is 11.1. The molecule has 0 aromatic rings. The molecule has 2 nitrogen and oxygen atoms in total. The van der Waals surface area contributed by atoms with E-state index in [0.717, 1.165) is 18.5 Å². The lowest BCUT2D eigenvalue weighted by Crippen LogP contribution is -1.76. The molecule has 0 rings (SSSR count). The number of hydrogen-bond acceptors (Lipinski definition) is 2. The Bertz CT molecular complexity index is 169. The maximum Gasteiger partial charge on any atom is 0.0575 e. The fourth-order valence-electron chi connectivity index (χ4n) is 0.753. The van der Waals surface area contributed by atoms with E-state index < -0.39 is 0 Å². The average Bonchev–Trinajstić information content (AvgIpc) is 2.11. The molecule has 0 bridgehead atoms. The number of hydrogen-bond donors (Lipinski definition) is 0. The van der Waals surface area contributed by atoms with Crippen LogP contribution in [0.25, 0.3) is 0 Å². The van der Waals surface area contributed by atoms with E-state index >= 15 is 0 Å². The molecule has 0 unspecified atom stereocenters. The van der Waals surface area contributed by atoms with Gasteiger partial charge in [-0.05, 0) is 26.0 Å². The zero-order valence-corrected chi connectivity index (χ0v) is 8.08. The van der Waals surface area contributed by atoms with E-state index in [1.54, 1.807) is 6.20 Å². The third-order valence-corrected chi connectivity index (χ3v) is 1.58.